The lowest BCUT2D eigenvalue weighted by Gasteiger charge is -2.12. The molecule has 2 rings (SSSR count). The largest absolute Gasteiger partial charge is 0.494 e. The zero-order chi connectivity index (χ0) is 16.3. The van der Waals surface area contributed by atoms with Crippen molar-refractivity contribution in [1.82, 2.24) is 15.6 Å². The number of nitrogens with zero attached hydrogens (tertiary/aromatic N) is 2. The molecule has 0 unspecified atom stereocenters. The van der Waals surface area contributed by atoms with E-state index >= 15 is 0 Å². The van der Waals surface area contributed by atoms with E-state index in [1.54, 1.807) is 6.20 Å². The molecule has 0 bridgehead atoms. The molecule has 0 aliphatic carbocycles. The van der Waals surface area contributed by atoms with Crippen LogP contribution in [-0.2, 0) is 13.1 Å². The molecule has 0 spiro atoms. The Hall–Kier alpha value is -1.83. The topological polar surface area (TPSA) is 58.5 Å². The van der Waals surface area contributed by atoms with Crippen LogP contribution in [-0.4, -0.2) is 24.1 Å². The number of rotatable bonds is 7. The number of ether oxygens (including phenoxy) is 1. The van der Waals surface area contributed by atoms with Crippen LogP contribution in [0.5, 0.6) is 5.75 Å². The SMILES string of the molecule is CCNC(=NCc1ccccc1OCC)NCc1ccccn1.I. The van der Waals surface area contributed by atoms with E-state index in [0.717, 1.165) is 29.5 Å². The molecule has 0 radical (unpaired) electrons. The van der Waals surface area contributed by atoms with Gasteiger partial charge in [0.2, 0.25) is 0 Å². The normalized spacial score (nSPS) is 10.7. The molecule has 0 saturated carbocycles. The van der Waals surface area contributed by atoms with Crippen LogP contribution in [0.25, 0.3) is 0 Å². The highest BCUT2D eigenvalue weighted by Gasteiger charge is 2.03. The van der Waals surface area contributed by atoms with E-state index < -0.39 is 0 Å². The summed E-state index contributed by atoms with van der Waals surface area (Å²) in [6, 6.07) is 13.9. The highest BCUT2D eigenvalue weighted by molar-refractivity contribution is 14.0. The van der Waals surface area contributed by atoms with Crippen molar-refractivity contribution in [3.8, 4) is 5.75 Å². The summed E-state index contributed by atoms with van der Waals surface area (Å²) in [5, 5.41) is 6.54. The first-order valence-electron chi connectivity index (χ1n) is 7.96. The van der Waals surface area contributed by atoms with E-state index in [9.17, 15) is 0 Å². The van der Waals surface area contributed by atoms with Gasteiger partial charge in [-0.1, -0.05) is 24.3 Å². The van der Waals surface area contributed by atoms with E-state index in [2.05, 4.69) is 20.6 Å². The van der Waals surface area contributed by atoms with Crippen molar-refractivity contribution in [2.75, 3.05) is 13.2 Å². The molecular formula is C18H25IN4O. The molecule has 0 aliphatic heterocycles. The van der Waals surface area contributed by atoms with Crippen LogP contribution < -0.4 is 15.4 Å². The number of pyridine rings is 1. The molecular weight excluding hydrogens is 415 g/mol. The number of benzene rings is 1. The summed E-state index contributed by atoms with van der Waals surface area (Å²) in [6.07, 6.45) is 1.79. The lowest BCUT2D eigenvalue weighted by atomic mass is 10.2. The van der Waals surface area contributed by atoms with E-state index in [-0.39, 0.29) is 24.0 Å². The molecule has 0 aliphatic rings. The minimum Gasteiger partial charge on any atom is -0.494 e. The number of hydrogen-bond acceptors (Lipinski definition) is 3. The van der Waals surface area contributed by atoms with Gasteiger partial charge in [-0.2, -0.15) is 0 Å². The molecule has 0 amide bonds. The van der Waals surface area contributed by atoms with Gasteiger partial charge in [0.15, 0.2) is 5.96 Å². The van der Waals surface area contributed by atoms with Gasteiger partial charge < -0.3 is 15.4 Å². The third kappa shape index (κ3) is 6.74. The minimum absolute atomic E-state index is 0. The summed E-state index contributed by atoms with van der Waals surface area (Å²) in [5.74, 6) is 1.66. The first kappa shape index (κ1) is 20.2. The minimum atomic E-state index is 0. The molecule has 1 aromatic heterocycles. The fraction of sp³-hybridized carbons (Fsp3) is 0.333. The lowest BCUT2D eigenvalue weighted by Crippen LogP contribution is -2.37. The van der Waals surface area contributed by atoms with E-state index in [4.69, 9.17) is 4.74 Å². The highest BCUT2D eigenvalue weighted by atomic mass is 127. The summed E-state index contributed by atoms with van der Waals surface area (Å²) in [5.41, 5.74) is 2.05. The van der Waals surface area contributed by atoms with Gasteiger partial charge in [0.05, 0.1) is 25.4 Å². The smallest absolute Gasteiger partial charge is 0.191 e. The van der Waals surface area contributed by atoms with E-state index in [1.165, 1.54) is 0 Å². The summed E-state index contributed by atoms with van der Waals surface area (Å²) in [7, 11) is 0. The number of halogens is 1. The van der Waals surface area contributed by atoms with Crippen LogP contribution in [0.2, 0.25) is 0 Å². The van der Waals surface area contributed by atoms with Gasteiger partial charge in [0, 0.05) is 18.3 Å². The quantitative estimate of drug-likeness (QED) is 0.394. The van der Waals surface area contributed by atoms with Crippen molar-refractivity contribution in [3.63, 3.8) is 0 Å². The maximum absolute atomic E-state index is 5.64. The van der Waals surface area contributed by atoms with Crippen molar-refractivity contribution < 1.29 is 4.74 Å². The van der Waals surface area contributed by atoms with Gasteiger partial charge in [-0.15, -0.1) is 24.0 Å². The Bertz CT molecular complexity index is 619. The number of hydrogen-bond donors (Lipinski definition) is 2. The lowest BCUT2D eigenvalue weighted by molar-refractivity contribution is 0.336. The molecule has 5 nitrogen and oxygen atoms in total. The molecule has 0 atom stereocenters. The summed E-state index contributed by atoms with van der Waals surface area (Å²) >= 11 is 0. The summed E-state index contributed by atoms with van der Waals surface area (Å²) in [6.45, 7) is 6.69. The molecule has 0 saturated heterocycles. The Kier molecular flexibility index (Phi) is 9.83. The first-order valence-corrected chi connectivity index (χ1v) is 7.96. The van der Waals surface area contributed by atoms with Crippen LogP contribution in [0.4, 0.5) is 0 Å². The Morgan fingerprint density at radius 1 is 1.08 bits per heavy atom. The van der Waals surface area contributed by atoms with Gasteiger partial charge in [-0.05, 0) is 32.0 Å². The third-order valence-corrected chi connectivity index (χ3v) is 3.19. The number of nitrogens with one attached hydrogen (secondary N) is 2. The van der Waals surface area contributed by atoms with E-state index in [0.29, 0.717) is 19.7 Å². The Balaban J connectivity index is 0.00000288. The van der Waals surface area contributed by atoms with Crippen molar-refractivity contribution >= 4 is 29.9 Å². The van der Waals surface area contributed by atoms with Crippen LogP contribution in [0.3, 0.4) is 0 Å². The predicted octanol–water partition coefficient (Wildman–Crippen LogP) is 3.35. The molecule has 1 aromatic carbocycles. The Morgan fingerprint density at radius 2 is 1.88 bits per heavy atom. The van der Waals surface area contributed by atoms with Crippen molar-refractivity contribution in [3.05, 3.63) is 59.9 Å². The molecule has 2 N–H and O–H groups in total. The predicted molar refractivity (Wildman–Crippen MR) is 109 cm³/mol. The first-order chi connectivity index (χ1) is 11.3. The number of aromatic nitrogens is 1. The second-order valence-electron chi connectivity index (χ2n) is 4.91. The highest BCUT2D eigenvalue weighted by Crippen LogP contribution is 2.18. The van der Waals surface area contributed by atoms with Crippen LogP contribution in [0.1, 0.15) is 25.1 Å². The van der Waals surface area contributed by atoms with Crippen LogP contribution >= 0.6 is 24.0 Å². The fourth-order valence-electron chi connectivity index (χ4n) is 2.11. The zero-order valence-corrected chi connectivity index (χ0v) is 16.5. The van der Waals surface area contributed by atoms with Gasteiger partial charge in [0.1, 0.15) is 5.75 Å². The molecule has 2 aromatic rings. The molecule has 24 heavy (non-hydrogen) atoms. The van der Waals surface area contributed by atoms with Crippen molar-refractivity contribution in [1.29, 1.82) is 0 Å². The standard InChI is InChI=1S/C18H24N4O.HI/c1-3-19-18(22-14-16-10-7-8-12-20-16)21-13-15-9-5-6-11-17(15)23-4-2;/h5-12H,3-4,13-14H2,1-2H3,(H2,19,21,22);1H. The fourth-order valence-corrected chi connectivity index (χ4v) is 2.11. The maximum atomic E-state index is 5.64. The van der Waals surface area contributed by atoms with Gasteiger partial charge >= 0.3 is 0 Å². The van der Waals surface area contributed by atoms with Gasteiger partial charge in [-0.25, -0.2) is 4.99 Å². The summed E-state index contributed by atoms with van der Waals surface area (Å²) in [4.78, 5) is 8.93. The van der Waals surface area contributed by atoms with Gasteiger partial charge in [0.25, 0.3) is 0 Å². The third-order valence-electron chi connectivity index (χ3n) is 3.19. The Labute approximate surface area is 161 Å². The van der Waals surface area contributed by atoms with Crippen LogP contribution in [0.15, 0.2) is 53.7 Å². The number of guanidine groups is 1. The Morgan fingerprint density at radius 3 is 2.58 bits per heavy atom. The number of aliphatic imine (C=N–C) groups is 1. The molecule has 6 heteroatoms. The monoisotopic (exact) mass is 440 g/mol. The van der Waals surface area contributed by atoms with Gasteiger partial charge in [-0.3, -0.25) is 4.98 Å². The van der Waals surface area contributed by atoms with Crippen molar-refractivity contribution in [2.45, 2.75) is 26.9 Å². The molecule has 1 heterocycles. The summed E-state index contributed by atoms with van der Waals surface area (Å²) < 4.78 is 5.64. The second-order valence-corrected chi connectivity index (χ2v) is 4.91. The van der Waals surface area contributed by atoms with E-state index in [1.807, 2.05) is 56.3 Å². The average molecular weight is 440 g/mol. The molecule has 0 fully saturated rings. The average Bonchev–Trinajstić information content (AvgIpc) is 2.60. The zero-order valence-electron chi connectivity index (χ0n) is 14.2. The number of para-hydroxylation sites is 1. The van der Waals surface area contributed by atoms with Crippen molar-refractivity contribution in [2.24, 2.45) is 4.99 Å². The second kappa shape index (κ2) is 11.7. The molecule has 130 valence electrons. The maximum Gasteiger partial charge on any atom is 0.191 e. The van der Waals surface area contributed by atoms with Crippen LogP contribution in [0, 0.1) is 0 Å².